The minimum atomic E-state index is -1.98. The molecule has 0 saturated carbocycles. The van der Waals surface area contributed by atoms with Gasteiger partial charge in [-0.05, 0) is 19.3 Å². The summed E-state index contributed by atoms with van der Waals surface area (Å²) in [5.74, 6) is -0.269. The minimum Gasteiger partial charge on any atom is -0.394 e. The molecule has 0 spiro atoms. The van der Waals surface area contributed by atoms with Crippen molar-refractivity contribution in [2.75, 3.05) is 26.4 Å². The van der Waals surface area contributed by atoms with Gasteiger partial charge < -0.3 is 89.9 Å². The molecule has 87 heavy (non-hydrogen) atoms. The lowest BCUT2D eigenvalue weighted by atomic mass is 9.96. The predicted octanol–water partition coefficient (Wildman–Crippen LogP) is 9.28. The zero-order valence-electron chi connectivity index (χ0n) is 54.3. The average Bonchev–Trinajstić information content (AvgIpc) is 2.39. The first kappa shape index (κ1) is 79.8. The largest absolute Gasteiger partial charge is 0.394 e. The highest BCUT2D eigenvalue weighted by atomic mass is 16.8. The third kappa shape index (κ3) is 33.3. The van der Waals surface area contributed by atoms with Gasteiger partial charge in [0.25, 0.3) is 0 Å². The summed E-state index contributed by atoms with van der Waals surface area (Å²) in [5, 5.41) is 121. The second-order valence-electron chi connectivity index (χ2n) is 25.7. The molecule has 0 radical (unpaired) electrons. The molecule has 3 fully saturated rings. The number of amides is 1. The van der Waals surface area contributed by atoms with Crippen molar-refractivity contribution < 1.29 is 89.4 Å². The van der Waals surface area contributed by atoms with Gasteiger partial charge in [-0.3, -0.25) is 4.79 Å². The van der Waals surface area contributed by atoms with Gasteiger partial charge >= 0.3 is 0 Å². The number of nitrogens with one attached hydrogen (secondary N) is 1. The number of hydrogen-bond acceptors (Lipinski definition) is 18. The lowest BCUT2D eigenvalue weighted by molar-refractivity contribution is -0.379. The normalized spacial score (nSPS) is 28.6. The van der Waals surface area contributed by atoms with Crippen molar-refractivity contribution in [1.82, 2.24) is 5.32 Å². The predicted molar refractivity (Wildman–Crippen MR) is 337 cm³/mol. The van der Waals surface area contributed by atoms with Crippen LogP contribution in [0, 0.1) is 0 Å². The highest BCUT2D eigenvalue weighted by Crippen LogP contribution is 2.33. The van der Waals surface area contributed by atoms with E-state index in [0.29, 0.717) is 6.42 Å². The zero-order valence-corrected chi connectivity index (χ0v) is 54.3. The summed E-state index contributed by atoms with van der Waals surface area (Å²) in [6.07, 6.45) is 29.0. The van der Waals surface area contributed by atoms with E-state index >= 15 is 0 Å². The maximum absolute atomic E-state index is 13.4. The van der Waals surface area contributed by atoms with Gasteiger partial charge in [-0.25, -0.2) is 0 Å². The van der Waals surface area contributed by atoms with Crippen molar-refractivity contribution in [3.63, 3.8) is 0 Å². The van der Waals surface area contributed by atoms with Crippen molar-refractivity contribution >= 4 is 5.91 Å². The molecule has 17 atom stereocenters. The van der Waals surface area contributed by atoms with Crippen molar-refractivity contribution in [2.45, 2.75) is 388 Å². The molecule has 3 aliphatic rings. The molecule has 0 aliphatic carbocycles. The van der Waals surface area contributed by atoms with Gasteiger partial charge in [-0.2, -0.15) is 0 Å². The Morgan fingerprint density at radius 3 is 1.08 bits per heavy atom. The number of aliphatic hydroxyl groups is 11. The van der Waals surface area contributed by atoms with Gasteiger partial charge in [0, 0.05) is 6.42 Å². The van der Waals surface area contributed by atoms with Gasteiger partial charge in [0.05, 0.1) is 38.6 Å². The number of allylic oxidation sites excluding steroid dienone is 1. The Bertz CT molecular complexity index is 1630. The first-order valence-corrected chi connectivity index (χ1v) is 35.4. The van der Waals surface area contributed by atoms with Gasteiger partial charge in [-0.15, -0.1) is 0 Å². The molecule has 12 N–H and O–H groups in total. The molecule has 0 aromatic rings. The van der Waals surface area contributed by atoms with Crippen LogP contribution < -0.4 is 5.32 Å². The number of rotatable bonds is 55. The number of ether oxygens (including phenoxy) is 6. The maximum atomic E-state index is 13.4. The lowest BCUT2D eigenvalue weighted by Crippen LogP contribution is -2.66. The Morgan fingerprint density at radius 2 is 0.713 bits per heavy atom. The fourth-order valence-corrected chi connectivity index (χ4v) is 12.3. The van der Waals surface area contributed by atoms with Crippen LogP contribution in [0.4, 0.5) is 0 Å². The van der Waals surface area contributed by atoms with E-state index in [1.54, 1.807) is 6.08 Å². The molecule has 3 heterocycles. The van der Waals surface area contributed by atoms with E-state index in [-0.39, 0.29) is 18.9 Å². The van der Waals surface area contributed by atoms with E-state index in [0.717, 1.165) is 44.9 Å². The van der Waals surface area contributed by atoms with E-state index in [1.165, 1.54) is 212 Å². The van der Waals surface area contributed by atoms with Crippen LogP contribution >= 0.6 is 0 Å². The molecular formula is C68H129NO18. The van der Waals surface area contributed by atoms with E-state index in [2.05, 4.69) is 19.2 Å². The van der Waals surface area contributed by atoms with Gasteiger partial charge in [-0.1, -0.05) is 270 Å². The average molecular weight is 1250 g/mol. The number of carbonyl (C=O) groups excluding carboxylic acids is 1. The molecule has 3 aliphatic heterocycles. The Kier molecular flexibility index (Phi) is 46.8. The summed E-state index contributed by atoms with van der Waals surface area (Å²) >= 11 is 0. The summed E-state index contributed by atoms with van der Waals surface area (Å²) in [5.41, 5.74) is 0. The summed E-state index contributed by atoms with van der Waals surface area (Å²) < 4.78 is 34.4. The number of unbranched alkanes of at least 4 members (excludes halogenated alkanes) is 39. The minimum absolute atomic E-state index is 0.250. The van der Waals surface area contributed by atoms with E-state index in [9.17, 15) is 61.0 Å². The molecule has 19 heteroatoms. The van der Waals surface area contributed by atoms with E-state index in [1.807, 2.05) is 6.08 Å². The summed E-state index contributed by atoms with van der Waals surface area (Å²) in [6.45, 7) is 1.77. The van der Waals surface area contributed by atoms with Crippen LogP contribution in [0.15, 0.2) is 12.2 Å². The fourth-order valence-electron chi connectivity index (χ4n) is 12.3. The van der Waals surface area contributed by atoms with Crippen molar-refractivity contribution in [1.29, 1.82) is 0 Å². The number of hydrogen-bond donors (Lipinski definition) is 12. The van der Waals surface area contributed by atoms with E-state index in [4.69, 9.17) is 28.4 Å². The third-order valence-corrected chi connectivity index (χ3v) is 18.1. The molecule has 19 nitrogen and oxygen atoms in total. The number of aliphatic hydroxyl groups excluding tert-OH is 11. The molecule has 3 rings (SSSR count). The van der Waals surface area contributed by atoms with Crippen LogP contribution in [0.3, 0.4) is 0 Å². The smallest absolute Gasteiger partial charge is 0.220 e. The molecule has 1 amide bonds. The van der Waals surface area contributed by atoms with Crippen LogP contribution in [-0.4, -0.2) is 193 Å². The second-order valence-corrected chi connectivity index (χ2v) is 25.7. The van der Waals surface area contributed by atoms with Gasteiger partial charge in [0.15, 0.2) is 18.9 Å². The molecule has 3 saturated heterocycles. The Balaban J connectivity index is 1.42. The summed E-state index contributed by atoms with van der Waals surface area (Å²) in [6, 6.07) is -0.968. The second kappa shape index (κ2) is 51.0. The Hall–Kier alpha value is -1.47. The third-order valence-electron chi connectivity index (χ3n) is 18.1. The van der Waals surface area contributed by atoms with Crippen LogP contribution in [0.25, 0.3) is 0 Å². The highest BCUT2D eigenvalue weighted by molar-refractivity contribution is 5.76. The first-order valence-electron chi connectivity index (χ1n) is 35.4. The van der Waals surface area contributed by atoms with Crippen LogP contribution in [0.5, 0.6) is 0 Å². The zero-order chi connectivity index (χ0) is 63.3. The maximum Gasteiger partial charge on any atom is 0.220 e. The molecule has 0 aromatic heterocycles. The van der Waals surface area contributed by atoms with Gasteiger partial charge in [0.2, 0.25) is 5.91 Å². The highest BCUT2D eigenvalue weighted by Gasteiger charge is 2.53. The van der Waals surface area contributed by atoms with Crippen LogP contribution in [0.1, 0.15) is 284 Å². The first-order chi connectivity index (χ1) is 42.3. The molecular weight excluding hydrogens is 1120 g/mol. The molecule has 17 unspecified atom stereocenters. The molecule has 0 bridgehead atoms. The van der Waals surface area contributed by atoms with Crippen molar-refractivity contribution in [3.8, 4) is 0 Å². The van der Waals surface area contributed by atoms with E-state index < -0.39 is 124 Å². The van der Waals surface area contributed by atoms with Crippen LogP contribution in [-0.2, 0) is 33.2 Å². The summed E-state index contributed by atoms with van der Waals surface area (Å²) in [4.78, 5) is 13.4. The monoisotopic (exact) mass is 1250 g/mol. The van der Waals surface area contributed by atoms with Crippen molar-refractivity contribution in [2.24, 2.45) is 0 Å². The van der Waals surface area contributed by atoms with Gasteiger partial charge in [0.1, 0.15) is 73.2 Å². The topological polar surface area (TPSA) is 307 Å². The lowest BCUT2D eigenvalue weighted by Gasteiger charge is -2.48. The Labute approximate surface area is 525 Å². The Morgan fingerprint density at radius 1 is 0.402 bits per heavy atom. The van der Waals surface area contributed by atoms with Crippen LogP contribution in [0.2, 0.25) is 0 Å². The quantitative estimate of drug-likeness (QED) is 0.0199. The SMILES string of the molecule is CCCCCCCCCCCCCCCCC/C=C/C(O)C(COC1OC(CO)C(OC2OC(CO)C(OC3OC(CO)C(O)C(O)C3O)C(O)C2O)C(O)C1O)NC(=O)CCCCCCCCCCCCCCCCCCCCCCCCCCC. The fraction of sp³-hybridized carbons (Fsp3) is 0.956. The standard InChI is InChI=1S/C68H129NO18/c1-3-5-7-9-11-13-15-17-19-21-22-23-24-25-26-27-28-30-32-34-36-38-40-42-44-46-56(74)69-51(52(73)45-43-41-39-37-35-33-31-29-20-18-16-14-12-10-8-6-4-2)50-82-66-62(80)59(77)64(54(48-71)84-66)87-68-63(81)60(78)65(55(49-72)85-68)86-67-61(79)58(76)57(75)53(47-70)83-67/h43,45,51-55,57-68,70-73,75-81H,3-42,44,46-50H2,1-2H3,(H,69,74)/b45-43+. The molecule has 0 aromatic carbocycles. The summed E-state index contributed by atoms with van der Waals surface area (Å²) in [7, 11) is 0. The number of carbonyl (C=O) groups is 1. The molecule has 514 valence electrons. The van der Waals surface area contributed by atoms with Crippen molar-refractivity contribution in [3.05, 3.63) is 12.2 Å².